The smallest absolute Gasteiger partial charge is 0.326 e. The van der Waals surface area contributed by atoms with Crippen LogP contribution in [0.4, 0.5) is 0 Å². The standard InChI is InChI=1S/C16H20ClNO4S/c17-13-5-3-11(4-6-13)9-23-10-14(19)18-15(16(20)21)12-2-1-7-22-8-12/h3-6,12,15H,1-2,7-10H2,(H,18,19)(H,20,21). The molecular weight excluding hydrogens is 338 g/mol. The lowest BCUT2D eigenvalue weighted by Gasteiger charge is -2.28. The summed E-state index contributed by atoms with van der Waals surface area (Å²) in [6.07, 6.45) is 1.59. The highest BCUT2D eigenvalue weighted by Crippen LogP contribution is 2.19. The Labute approximate surface area is 144 Å². The van der Waals surface area contributed by atoms with E-state index in [9.17, 15) is 14.7 Å². The first-order valence-corrected chi connectivity index (χ1v) is 9.01. The Morgan fingerprint density at radius 1 is 1.39 bits per heavy atom. The van der Waals surface area contributed by atoms with Gasteiger partial charge in [0.05, 0.1) is 12.4 Å². The van der Waals surface area contributed by atoms with Crippen LogP contribution in [0.15, 0.2) is 24.3 Å². The van der Waals surface area contributed by atoms with Crippen LogP contribution in [0.25, 0.3) is 0 Å². The van der Waals surface area contributed by atoms with Gasteiger partial charge in [-0.25, -0.2) is 4.79 Å². The molecule has 1 aromatic rings. The van der Waals surface area contributed by atoms with E-state index in [0.29, 0.717) is 24.0 Å². The molecule has 1 aliphatic rings. The first-order valence-electron chi connectivity index (χ1n) is 7.48. The number of carbonyl (C=O) groups is 2. The molecule has 0 spiro atoms. The van der Waals surface area contributed by atoms with Gasteiger partial charge in [0.2, 0.25) is 5.91 Å². The maximum Gasteiger partial charge on any atom is 0.326 e. The monoisotopic (exact) mass is 357 g/mol. The zero-order chi connectivity index (χ0) is 16.7. The Morgan fingerprint density at radius 2 is 2.13 bits per heavy atom. The lowest BCUT2D eigenvalue weighted by Crippen LogP contribution is -2.48. The molecule has 1 amide bonds. The molecular formula is C16H20ClNO4S. The van der Waals surface area contributed by atoms with Crippen LogP contribution in [0.3, 0.4) is 0 Å². The largest absolute Gasteiger partial charge is 0.480 e. The first-order chi connectivity index (χ1) is 11.1. The van der Waals surface area contributed by atoms with Gasteiger partial charge in [-0.1, -0.05) is 23.7 Å². The van der Waals surface area contributed by atoms with Crippen molar-refractivity contribution >= 4 is 35.2 Å². The van der Waals surface area contributed by atoms with E-state index in [0.717, 1.165) is 18.4 Å². The zero-order valence-corrected chi connectivity index (χ0v) is 14.2. The molecule has 0 bridgehead atoms. The number of amides is 1. The summed E-state index contributed by atoms with van der Waals surface area (Å²) in [5.74, 6) is -0.528. The number of rotatable bonds is 7. The molecule has 1 saturated heterocycles. The summed E-state index contributed by atoms with van der Waals surface area (Å²) in [7, 11) is 0. The third-order valence-electron chi connectivity index (χ3n) is 3.66. The molecule has 1 aromatic carbocycles. The Hall–Kier alpha value is -1.24. The number of hydrogen-bond donors (Lipinski definition) is 2. The molecule has 1 fully saturated rings. The van der Waals surface area contributed by atoms with Crippen molar-refractivity contribution in [2.75, 3.05) is 19.0 Å². The highest BCUT2D eigenvalue weighted by Gasteiger charge is 2.31. The number of ether oxygens (including phenoxy) is 1. The SMILES string of the molecule is O=C(CSCc1ccc(Cl)cc1)NC(C(=O)O)C1CCCOC1. The van der Waals surface area contributed by atoms with Gasteiger partial charge in [-0.3, -0.25) is 4.79 Å². The number of thioether (sulfide) groups is 1. The van der Waals surface area contributed by atoms with Crippen LogP contribution < -0.4 is 5.32 Å². The number of carbonyl (C=O) groups excluding carboxylic acids is 1. The van der Waals surface area contributed by atoms with E-state index in [1.807, 2.05) is 12.1 Å². The summed E-state index contributed by atoms with van der Waals surface area (Å²) in [5.41, 5.74) is 1.07. The third kappa shape index (κ3) is 6.05. The van der Waals surface area contributed by atoms with E-state index >= 15 is 0 Å². The summed E-state index contributed by atoms with van der Waals surface area (Å²) < 4.78 is 5.31. The maximum atomic E-state index is 12.0. The lowest BCUT2D eigenvalue weighted by atomic mass is 9.94. The summed E-state index contributed by atoms with van der Waals surface area (Å²) in [4.78, 5) is 23.4. The summed E-state index contributed by atoms with van der Waals surface area (Å²) in [6.45, 7) is 1.04. The molecule has 1 heterocycles. The van der Waals surface area contributed by atoms with Crippen molar-refractivity contribution in [3.8, 4) is 0 Å². The van der Waals surface area contributed by atoms with Crippen molar-refractivity contribution in [2.45, 2.75) is 24.6 Å². The minimum absolute atomic E-state index is 0.161. The van der Waals surface area contributed by atoms with Crippen molar-refractivity contribution in [3.05, 3.63) is 34.9 Å². The van der Waals surface area contributed by atoms with Crippen molar-refractivity contribution in [1.82, 2.24) is 5.32 Å². The second-order valence-corrected chi connectivity index (χ2v) is 6.90. The number of hydrogen-bond acceptors (Lipinski definition) is 4. The van der Waals surface area contributed by atoms with Crippen LogP contribution in [0.2, 0.25) is 5.02 Å². The van der Waals surface area contributed by atoms with Gasteiger partial charge in [0.15, 0.2) is 0 Å². The molecule has 0 aromatic heterocycles. The van der Waals surface area contributed by atoms with Gasteiger partial charge in [-0.2, -0.15) is 0 Å². The molecule has 0 aliphatic carbocycles. The van der Waals surface area contributed by atoms with Gasteiger partial charge in [0.25, 0.3) is 0 Å². The predicted octanol–water partition coefficient (Wildman–Crippen LogP) is 2.57. The predicted molar refractivity (Wildman–Crippen MR) is 90.7 cm³/mol. The van der Waals surface area contributed by atoms with Gasteiger partial charge in [-0.05, 0) is 30.5 Å². The zero-order valence-electron chi connectivity index (χ0n) is 12.7. The first kappa shape index (κ1) is 18.1. The molecule has 0 radical (unpaired) electrons. The Balaban J connectivity index is 1.77. The van der Waals surface area contributed by atoms with E-state index in [2.05, 4.69) is 5.32 Å². The normalized spacial score (nSPS) is 19.1. The van der Waals surface area contributed by atoms with Gasteiger partial charge < -0.3 is 15.2 Å². The second kappa shape index (κ2) is 9.15. The van der Waals surface area contributed by atoms with Crippen LogP contribution in [0, 0.1) is 5.92 Å². The number of aliphatic carboxylic acids is 1. The van der Waals surface area contributed by atoms with E-state index in [1.165, 1.54) is 11.8 Å². The fourth-order valence-corrected chi connectivity index (χ4v) is 3.39. The average molecular weight is 358 g/mol. The summed E-state index contributed by atoms with van der Waals surface area (Å²) in [6, 6.07) is 6.56. The molecule has 5 nitrogen and oxygen atoms in total. The van der Waals surface area contributed by atoms with E-state index in [4.69, 9.17) is 16.3 Å². The topological polar surface area (TPSA) is 75.6 Å². The summed E-state index contributed by atoms with van der Waals surface area (Å²) in [5, 5.41) is 12.6. The lowest BCUT2D eigenvalue weighted by molar-refractivity contribution is -0.144. The molecule has 1 aliphatic heterocycles. The molecule has 2 atom stereocenters. The van der Waals surface area contributed by atoms with Crippen LogP contribution in [0.1, 0.15) is 18.4 Å². The molecule has 2 rings (SSSR count). The molecule has 2 N–H and O–H groups in total. The Morgan fingerprint density at radius 3 is 2.74 bits per heavy atom. The van der Waals surface area contributed by atoms with Gasteiger partial charge >= 0.3 is 5.97 Å². The number of benzene rings is 1. The van der Waals surface area contributed by atoms with Crippen molar-refractivity contribution in [2.24, 2.45) is 5.92 Å². The minimum atomic E-state index is -1.00. The van der Waals surface area contributed by atoms with E-state index in [1.54, 1.807) is 12.1 Å². The van der Waals surface area contributed by atoms with E-state index in [-0.39, 0.29) is 17.6 Å². The second-order valence-electron chi connectivity index (χ2n) is 5.48. The molecule has 23 heavy (non-hydrogen) atoms. The van der Waals surface area contributed by atoms with Gasteiger partial charge in [-0.15, -0.1) is 11.8 Å². The van der Waals surface area contributed by atoms with Gasteiger partial charge in [0, 0.05) is 23.3 Å². The highest BCUT2D eigenvalue weighted by atomic mass is 35.5. The van der Waals surface area contributed by atoms with Crippen LogP contribution >= 0.6 is 23.4 Å². The number of carboxylic acids is 1. The molecule has 2 unspecified atom stereocenters. The quantitative estimate of drug-likeness (QED) is 0.784. The van der Waals surface area contributed by atoms with Crippen LogP contribution in [-0.4, -0.2) is 42.0 Å². The fourth-order valence-electron chi connectivity index (χ4n) is 2.47. The highest BCUT2D eigenvalue weighted by molar-refractivity contribution is 7.99. The molecule has 0 saturated carbocycles. The molecule has 7 heteroatoms. The summed E-state index contributed by atoms with van der Waals surface area (Å²) >= 11 is 7.26. The minimum Gasteiger partial charge on any atom is -0.480 e. The van der Waals surface area contributed by atoms with E-state index < -0.39 is 12.0 Å². The molecule has 126 valence electrons. The van der Waals surface area contributed by atoms with Crippen molar-refractivity contribution < 1.29 is 19.4 Å². The van der Waals surface area contributed by atoms with Crippen LogP contribution in [-0.2, 0) is 20.1 Å². The maximum absolute atomic E-state index is 12.0. The number of nitrogens with one attached hydrogen (secondary N) is 1. The average Bonchev–Trinajstić information content (AvgIpc) is 2.55. The van der Waals surface area contributed by atoms with Crippen molar-refractivity contribution in [1.29, 1.82) is 0 Å². The van der Waals surface area contributed by atoms with Crippen LogP contribution in [0.5, 0.6) is 0 Å². The number of halogens is 1. The van der Waals surface area contributed by atoms with Crippen molar-refractivity contribution in [3.63, 3.8) is 0 Å². The Bertz CT molecular complexity index is 531. The third-order valence-corrected chi connectivity index (χ3v) is 4.92. The Kier molecular flexibility index (Phi) is 7.20. The number of carboxylic acid groups (broad SMARTS) is 1. The fraction of sp³-hybridized carbons (Fsp3) is 0.500. The van der Waals surface area contributed by atoms with Gasteiger partial charge in [0.1, 0.15) is 6.04 Å².